The lowest BCUT2D eigenvalue weighted by molar-refractivity contribution is -0.160. The second kappa shape index (κ2) is 8.61. The molecule has 31 heavy (non-hydrogen) atoms. The predicted molar refractivity (Wildman–Crippen MR) is 101 cm³/mol. The van der Waals surface area contributed by atoms with Gasteiger partial charge in [-0.25, -0.2) is 9.18 Å². The first-order chi connectivity index (χ1) is 14.4. The van der Waals surface area contributed by atoms with Crippen molar-refractivity contribution >= 4 is 24.7 Å². The molecule has 0 radical (unpaired) electrons. The zero-order valence-corrected chi connectivity index (χ0v) is 16.0. The van der Waals surface area contributed by atoms with Crippen LogP contribution in [0, 0.1) is 5.82 Å². The maximum Gasteiger partial charge on any atom is 0.707 e. The van der Waals surface area contributed by atoms with Gasteiger partial charge in [0.05, 0.1) is 24.5 Å². The molecular weight excluding hydrogens is 427 g/mol. The van der Waals surface area contributed by atoms with Gasteiger partial charge < -0.3 is 34.8 Å². The smallest absolute Gasteiger partial charge is 0.512 e. The van der Waals surface area contributed by atoms with Crippen molar-refractivity contribution in [2.75, 3.05) is 23.8 Å². The highest BCUT2D eigenvalue weighted by molar-refractivity contribution is 6.33. The van der Waals surface area contributed by atoms with Crippen LogP contribution in [0.4, 0.5) is 33.7 Å². The van der Waals surface area contributed by atoms with Crippen molar-refractivity contribution in [3.8, 4) is 11.5 Å². The van der Waals surface area contributed by atoms with E-state index in [9.17, 15) is 22.4 Å². The van der Waals surface area contributed by atoms with Gasteiger partial charge in [0.25, 0.3) is 0 Å². The number of rotatable bonds is 6. The fourth-order valence-electron chi connectivity index (χ4n) is 2.71. The van der Waals surface area contributed by atoms with Crippen molar-refractivity contribution < 1.29 is 46.5 Å². The summed E-state index contributed by atoms with van der Waals surface area (Å²) in [4.78, 5) is 12.1. The van der Waals surface area contributed by atoms with Crippen LogP contribution < -0.4 is 20.0 Å². The molecule has 1 fully saturated rings. The maximum absolute atomic E-state index is 14.0. The van der Waals surface area contributed by atoms with Crippen LogP contribution in [0.1, 0.15) is 12.5 Å². The van der Waals surface area contributed by atoms with Gasteiger partial charge in [-0.1, -0.05) is 0 Å². The number of carbonyl (C=O) groups excluding carboxylic acids is 1. The monoisotopic (exact) mass is 444 g/mol. The molecule has 3 rings (SSSR count). The Bertz CT molecular complexity index is 969. The number of urea groups is 1. The second-order valence-electron chi connectivity index (χ2n) is 6.92. The molecular formula is C18H17BF4N2O6. The third kappa shape index (κ3) is 5.78. The number of amides is 2. The van der Waals surface area contributed by atoms with Gasteiger partial charge in [0.2, 0.25) is 0 Å². The van der Waals surface area contributed by atoms with Crippen molar-refractivity contribution in [1.29, 1.82) is 0 Å². The Hall–Kier alpha value is -3.03. The molecule has 166 valence electrons. The Labute approximate surface area is 173 Å². The van der Waals surface area contributed by atoms with E-state index >= 15 is 0 Å². The van der Waals surface area contributed by atoms with E-state index in [2.05, 4.69) is 15.3 Å². The van der Waals surface area contributed by atoms with E-state index in [0.29, 0.717) is 6.07 Å². The maximum atomic E-state index is 14.0. The van der Waals surface area contributed by atoms with Crippen molar-refractivity contribution in [1.82, 2.24) is 0 Å². The molecule has 8 nitrogen and oxygen atoms in total. The topological polar surface area (TPSA) is 109 Å². The molecule has 2 amide bonds. The number of carbonyl (C=O) groups is 1. The minimum atomic E-state index is -4.75. The average molecular weight is 444 g/mol. The summed E-state index contributed by atoms with van der Waals surface area (Å²) in [5, 5.41) is 21.7. The molecule has 0 aromatic heterocycles. The summed E-state index contributed by atoms with van der Waals surface area (Å²) in [6, 6.07) is 5.00. The molecule has 1 aliphatic rings. The molecule has 0 bridgehead atoms. The molecule has 0 unspecified atom stereocenters. The Morgan fingerprint density at radius 2 is 1.87 bits per heavy atom. The molecule has 0 saturated carbocycles. The summed E-state index contributed by atoms with van der Waals surface area (Å²) in [6.45, 7) is 1.92. The third-order valence-electron chi connectivity index (χ3n) is 4.14. The summed E-state index contributed by atoms with van der Waals surface area (Å²) in [7, 11) is -2.16. The van der Waals surface area contributed by atoms with E-state index in [0.717, 1.165) is 24.3 Å². The summed E-state index contributed by atoms with van der Waals surface area (Å²) in [6.07, 6.45) is -4.75. The largest absolute Gasteiger partial charge is 0.707 e. The molecule has 0 spiro atoms. The first-order valence-corrected chi connectivity index (χ1v) is 8.84. The Balaban J connectivity index is 1.72. The van der Waals surface area contributed by atoms with Crippen LogP contribution in [-0.4, -0.2) is 42.2 Å². The molecule has 4 N–H and O–H groups in total. The van der Waals surface area contributed by atoms with Gasteiger partial charge in [-0.2, -0.15) is 13.2 Å². The Kier molecular flexibility index (Phi) is 6.29. The average Bonchev–Trinajstić information content (AvgIpc) is 2.62. The van der Waals surface area contributed by atoms with Crippen LogP contribution in [0.15, 0.2) is 36.4 Å². The van der Waals surface area contributed by atoms with E-state index in [4.69, 9.17) is 19.5 Å². The fraction of sp³-hybridized carbons (Fsp3) is 0.278. The van der Waals surface area contributed by atoms with E-state index in [1.54, 1.807) is 6.92 Å². The molecule has 1 aliphatic heterocycles. The highest BCUT2D eigenvalue weighted by Gasteiger charge is 2.40. The fourth-order valence-corrected chi connectivity index (χ4v) is 2.71. The van der Waals surface area contributed by atoms with E-state index in [-0.39, 0.29) is 30.3 Å². The molecule has 0 atom stereocenters. The highest BCUT2D eigenvalue weighted by Crippen LogP contribution is 2.40. The quantitative estimate of drug-likeness (QED) is 0.403. The molecule has 1 saturated heterocycles. The van der Waals surface area contributed by atoms with E-state index in [1.807, 2.05) is 0 Å². The number of alkyl halides is 3. The summed E-state index contributed by atoms with van der Waals surface area (Å²) in [5.74, 6) is -1.59. The number of anilines is 2. The minimum absolute atomic E-state index is 0.152. The summed E-state index contributed by atoms with van der Waals surface area (Å²) >= 11 is 0. The Morgan fingerprint density at radius 3 is 2.42 bits per heavy atom. The van der Waals surface area contributed by atoms with E-state index in [1.165, 1.54) is 6.07 Å². The predicted octanol–water partition coefficient (Wildman–Crippen LogP) is 3.00. The lowest BCUT2D eigenvalue weighted by atomic mass is 10.0. The molecule has 2 aromatic rings. The SMILES string of the molecule is CC1(Oc2ccc(NC(=O)Nc3ccc(OB(O)O)cc3F)cc2C(F)(F)F)COC1. The van der Waals surface area contributed by atoms with Crippen LogP contribution >= 0.6 is 0 Å². The molecule has 2 aromatic carbocycles. The van der Waals surface area contributed by atoms with Gasteiger partial charge in [0.15, 0.2) is 5.60 Å². The lowest BCUT2D eigenvalue weighted by Crippen LogP contribution is -2.51. The zero-order valence-electron chi connectivity index (χ0n) is 16.0. The number of hydrogen-bond acceptors (Lipinski definition) is 6. The first kappa shape index (κ1) is 22.7. The number of hydrogen-bond donors (Lipinski definition) is 4. The van der Waals surface area contributed by atoms with E-state index < -0.39 is 42.3 Å². The minimum Gasteiger partial charge on any atom is -0.512 e. The van der Waals surface area contributed by atoms with Gasteiger partial charge in [0, 0.05) is 11.8 Å². The summed E-state index contributed by atoms with van der Waals surface area (Å²) < 4.78 is 69.2. The number of nitrogens with one attached hydrogen (secondary N) is 2. The normalized spacial score (nSPS) is 14.9. The van der Waals surface area contributed by atoms with Gasteiger partial charge in [-0.3, -0.25) is 0 Å². The van der Waals surface area contributed by atoms with Gasteiger partial charge in [-0.15, -0.1) is 0 Å². The van der Waals surface area contributed by atoms with Crippen LogP contribution in [0.5, 0.6) is 11.5 Å². The van der Waals surface area contributed by atoms with Crippen LogP contribution in [0.3, 0.4) is 0 Å². The number of ether oxygens (including phenoxy) is 2. The van der Waals surface area contributed by atoms with Crippen molar-refractivity contribution in [3.05, 3.63) is 47.8 Å². The van der Waals surface area contributed by atoms with Crippen molar-refractivity contribution in [2.24, 2.45) is 0 Å². The van der Waals surface area contributed by atoms with Gasteiger partial charge in [0.1, 0.15) is 17.3 Å². The van der Waals surface area contributed by atoms with Gasteiger partial charge in [-0.05, 0) is 37.3 Å². The molecule has 13 heteroatoms. The van der Waals surface area contributed by atoms with Crippen LogP contribution in [0.2, 0.25) is 0 Å². The molecule has 1 heterocycles. The van der Waals surface area contributed by atoms with Crippen molar-refractivity contribution in [3.63, 3.8) is 0 Å². The van der Waals surface area contributed by atoms with Crippen LogP contribution in [0.25, 0.3) is 0 Å². The zero-order chi connectivity index (χ0) is 22.8. The Morgan fingerprint density at radius 1 is 1.16 bits per heavy atom. The molecule has 0 aliphatic carbocycles. The first-order valence-electron chi connectivity index (χ1n) is 8.84. The van der Waals surface area contributed by atoms with Crippen molar-refractivity contribution in [2.45, 2.75) is 18.7 Å². The third-order valence-corrected chi connectivity index (χ3v) is 4.14. The second-order valence-corrected chi connectivity index (χ2v) is 6.92. The lowest BCUT2D eigenvalue weighted by Gasteiger charge is -2.38. The number of halogens is 4. The standard InChI is InChI=1S/C18H17BF4N2O6/c1-17(8-29-9-17)30-15-5-2-10(6-12(15)18(21,22)23)24-16(26)25-14-4-3-11(7-13(14)20)31-19(27)28/h2-7,27-28H,8-9H2,1H3,(H2,24,25,26). The van der Waals surface area contributed by atoms with Gasteiger partial charge >= 0.3 is 19.5 Å². The summed E-state index contributed by atoms with van der Waals surface area (Å²) in [5.41, 5.74) is -2.47. The highest BCUT2D eigenvalue weighted by atomic mass is 19.4. The van der Waals surface area contributed by atoms with Crippen LogP contribution in [-0.2, 0) is 10.9 Å². The number of benzene rings is 2.